The van der Waals surface area contributed by atoms with E-state index in [0.717, 1.165) is 32.1 Å². The van der Waals surface area contributed by atoms with Crippen molar-refractivity contribution in [2.75, 3.05) is 0 Å². The van der Waals surface area contributed by atoms with Gasteiger partial charge in [-0.25, -0.2) is 0 Å². The summed E-state index contributed by atoms with van der Waals surface area (Å²) in [4.78, 5) is 0. The van der Waals surface area contributed by atoms with Crippen molar-refractivity contribution in [2.24, 2.45) is 11.8 Å². The average Bonchev–Trinajstić information content (AvgIpc) is 2.39. The molecule has 0 saturated carbocycles. The van der Waals surface area contributed by atoms with Crippen molar-refractivity contribution < 1.29 is 0 Å². The van der Waals surface area contributed by atoms with E-state index in [1.54, 1.807) is 0 Å². The van der Waals surface area contributed by atoms with Crippen LogP contribution in [0.25, 0.3) is 0 Å². The summed E-state index contributed by atoms with van der Waals surface area (Å²) in [7, 11) is 0. The number of terminal acetylenes is 1. The topological polar surface area (TPSA) is 0 Å². The number of rotatable bonds is 6. The first-order valence-corrected chi connectivity index (χ1v) is 7.23. The van der Waals surface area contributed by atoms with E-state index < -0.39 is 0 Å². The van der Waals surface area contributed by atoms with Gasteiger partial charge in [0.1, 0.15) is 0 Å². The molecule has 0 spiro atoms. The fourth-order valence-corrected chi connectivity index (χ4v) is 1.62. The minimum Gasteiger partial charge on any atom is -0.119 e. The summed E-state index contributed by atoms with van der Waals surface area (Å²) in [6, 6.07) is 0. The molecule has 0 aromatic carbocycles. The molecule has 0 rings (SSSR count). The van der Waals surface area contributed by atoms with Crippen molar-refractivity contribution in [2.45, 2.75) is 65.7 Å². The van der Waals surface area contributed by atoms with Gasteiger partial charge in [0.15, 0.2) is 0 Å². The average molecular weight is 242 g/mol. The van der Waals surface area contributed by atoms with Crippen LogP contribution in [0.1, 0.15) is 65.7 Å². The second-order valence-corrected chi connectivity index (χ2v) is 4.56. The molecule has 18 heavy (non-hydrogen) atoms. The molecular weight excluding hydrogens is 216 g/mol. The fraction of sp³-hybridized carbons (Fsp3) is 0.667. The van der Waals surface area contributed by atoms with Crippen LogP contribution in [0.3, 0.4) is 0 Å². The molecule has 0 aliphatic heterocycles. The maximum absolute atomic E-state index is 5.47. The van der Waals surface area contributed by atoms with E-state index in [2.05, 4.69) is 50.4 Å². The zero-order chi connectivity index (χ0) is 13.6. The largest absolute Gasteiger partial charge is 0.119 e. The van der Waals surface area contributed by atoms with Crippen LogP contribution in [0.15, 0.2) is 0 Å². The Morgan fingerprint density at radius 3 is 2.00 bits per heavy atom. The SMILES string of the molecule is C#CC(C#CC(C#CCCCC)CCC)CCC. The molecule has 0 aliphatic rings. The number of unbranched alkanes of at least 4 members (excludes halogenated alkanes) is 2. The third-order valence-corrected chi connectivity index (χ3v) is 2.72. The van der Waals surface area contributed by atoms with Crippen molar-refractivity contribution in [3.8, 4) is 36.0 Å². The third kappa shape index (κ3) is 8.79. The Morgan fingerprint density at radius 2 is 1.44 bits per heavy atom. The molecule has 0 fully saturated rings. The summed E-state index contributed by atoms with van der Waals surface area (Å²) < 4.78 is 0. The molecule has 0 heteroatoms. The van der Waals surface area contributed by atoms with Gasteiger partial charge in [-0.1, -0.05) is 63.7 Å². The third-order valence-electron chi connectivity index (χ3n) is 2.72. The van der Waals surface area contributed by atoms with Crippen LogP contribution in [0.2, 0.25) is 0 Å². The van der Waals surface area contributed by atoms with E-state index in [1.165, 1.54) is 12.8 Å². The minimum atomic E-state index is 0.104. The van der Waals surface area contributed by atoms with Gasteiger partial charge >= 0.3 is 0 Å². The second-order valence-electron chi connectivity index (χ2n) is 4.56. The van der Waals surface area contributed by atoms with E-state index in [1.807, 2.05) is 0 Å². The van der Waals surface area contributed by atoms with Crippen LogP contribution >= 0.6 is 0 Å². The molecule has 0 saturated heterocycles. The van der Waals surface area contributed by atoms with Crippen LogP contribution in [0, 0.1) is 47.9 Å². The normalized spacial score (nSPS) is 12.3. The Hall–Kier alpha value is -1.32. The standard InChI is InChI=1S/C18H26/c1-5-9-10-11-14-18(13-7-3)16-15-17(8-4)12-6-2/h4,17-18H,5-7,9-10,12-13H2,1-3H3. The molecule has 0 heterocycles. The Labute approximate surface area is 114 Å². The molecule has 2 unspecified atom stereocenters. The van der Waals surface area contributed by atoms with Gasteiger partial charge in [-0.2, -0.15) is 0 Å². The van der Waals surface area contributed by atoms with Gasteiger partial charge in [-0.05, 0) is 19.3 Å². The zero-order valence-electron chi connectivity index (χ0n) is 12.2. The maximum Gasteiger partial charge on any atom is 0.0811 e. The van der Waals surface area contributed by atoms with Gasteiger partial charge in [0.25, 0.3) is 0 Å². The summed E-state index contributed by atoms with van der Waals surface area (Å²) in [5, 5.41) is 0. The van der Waals surface area contributed by atoms with Crippen LogP contribution in [0.5, 0.6) is 0 Å². The van der Waals surface area contributed by atoms with Crippen LogP contribution in [0.4, 0.5) is 0 Å². The van der Waals surface area contributed by atoms with Crippen molar-refractivity contribution in [3.05, 3.63) is 0 Å². The lowest BCUT2D eigenvalue weighted by Crippen LogP contribution is -1.96. The van der Waals surface area contributed by atoms with E-state index in [-0.39, 0.29) is 11.8 Å². The molecular formula is C18H26. The fourth-order valence-electron chi connectivity index (χ4n) is 1.62. The minimum absolute atomic E-state index is 0.104. The first kappa shape index (κ1) is 16.7. The van der Waals surface area contributed by atoms with Gasteiger partial charge in [0.2, 0.25) is 0 Å². The van der Waals surface area contributed by atoms with E-state index in [0.29, 0.717) is 0 Å². The molecule has 98 valence electrons. The molecule has 0 N–H and O–H groups in total. The Balaban J connectivity index is 4.45. The highest BCUT2D eigenvalue weighted by atomic mass is 14.0. The van der Waals surface area contributed by atoms with Gasteiger partial charge in [0.05, 0.1) is 11.8 Å². The Bertz CT molecular complexity index is 347. The van der Waals surface area contributed by atoms with Crippen molar-refractivity contribution in [1.29, 1.82) is 0 Å². The highest BCUT2D eigenvalue weighted by Gasteiger charge is 2.01. The lowest BCUT2D eigenvalue weighted by atomic mass is 10.0. The summed E-state index contributed by atoms with van der Waals surface area (Å²) in [5.74, 6) is 16.1. The van der Waals surface area contributed by atoms with Crippen LogP contribution in [-0.2, 0) is 0 Å². The van der Waals surface area contributed by atoms with Gasteiger partial charge in [0, 0.05) is 6.42 Å². The van der Waals surface area contributed by atoms with E-state index in [9.17, 15) is 0 Å². The molecule has 0 radical (unpaired) electrons. The second kappa shape index (κ2) is 12.1. The highest BCUT2D eigenvalue weighted by molar-refractivity contribution is 5.22. The van der Waals surface area contributed by atoms with Crippen molar-refractivity contribution >= 4 is 0 Å². The molecule has 0 nitrogen and oxygen atoms in total. The van der Waals surface area contributed by atoms with Crippen molar-refractivity contribution in [1.82, 2.24) is 0 Å². The lowest BCUT2D eigenvalue weighted by molar-refractivity contribution is 0.708. The zero-order valence-corrected chi connectivity index (χ0v) is 12.2. The molecule has 0 bridgehead atoms. The maximum atomic E-state index is 5.47. The Kier molecular flexibility index (Phi) is 11.3. The monoisotopic (exact) mass is 242 g/mol. The van der Waals surface area contributed by atoms with Gasteiger partial charge < -0.3 is 0 Å². The molecule has 0 amide bonds. The Morgan fingerprint density at radius 1 is 0.833 bits per heavy atom. The molecule has 2 atom stereocenters. The molecule has 0 aromatic heterocycles. The summed E-state index contributed by atoms with van der Waals surface area (Å²) >= 11 is 0. The first-order valence-electron chi connectivity index (χ1n) is 7.23. The highest BCUT2D eigenvalue weighted by Crippen LogP contribution is 2.07. The smallest absolute Gasteiger partial charge is 0.0811 e. The molecule has 0 aromatic rings. The van der Waals surface area contributed by atoms with Crippen molar-refractivity contribution in [3.63, 3.8) is 0 Å². The number of hydrogen-bond acceptors (Lipinski definition) is 0. The van der Waals surface area contributed by atoms with Crippen LogP contribution < -0.4 is 0 Å². The number of hydrogen-bond donors (Lipinski definition) is 0. The summed E-state index contributed by atoms with van der Waals surface area (Å²) in [5.41, 5.74) is 0. The quantitative estimate of drug-likeness (QED) is 0.470. The predicted molar refractivity (Wildman–Crippen MR) is 80.7 cm³/mol. The van der Waals surface area contributed by atoms with Crippen LogP contribution in [-0.4, -0.2) is 0 Å². The summed E-state index contributed by atoms with van der Waals surface area (Å²) in [6.07, 6.45) is 13.1. The van der Waals surface area contributed by atoms with E-state index >= 15 is 0 Å². The molecule has 0 aliphatic carbocycles. The van der Waals surface area contributed by atoms with Gasteiger partial charge in [-0.15, -0.1) is 12.3 Å². The summed E-state index contributed by atoms with van der Waals surface area (Å²) in [6.45, 7) is 6.50. The first-order chi connectivity index (χ1) is 8.78. The van der Waals surface area contributed by atoms with E-state index in [4.69, 9.17) is 6.42 Å². The van der Waals surface area contributed by atoms with Gasteiger partial charge in [-0.3, -0.25) is 0 Å². The lowest BCUT2D eigenvalue weighted by Gasteiger charge is -2.02. The predicted octanol–water partition coefficient (Wildman–Crippen LogP) is 4.65.